The molecular formula is C28H33N3O5. The molecule has 8 heteroatoms. The van der Waals surface area contributed by atoms with Crippen molar-refractivity contribution >= 4 is 23.5 Å². The van der Waals surface area contributed by atoms with E-state index in [1.54, 1.807) is 25.9 Å². The molecule has 0 aliphatic carbocycles. The number of benzene rings is 2. The third-order valence-corrected chi connectivity index (χ3v) is 6.87. The lowest BCUT2D eigenvalue weighted by Crippen LogP contribution is -2.52. The Morgan fingerprint density at radius 2 is 1.64 bits per heavy atom. The van der Waals surface area contributed by atoms with Crippen LogP contribution in [-0.4, -0.2) is 74.0 Å². The van der Waals surface area contributed by atoms with Crippen molar-refractivity contribution in [1.29, 1.82) is 0 Å². The van der Waals surface area contributed by atoms with Gasteiger partial charge in [-0.15, -0.1) is 0 Å². The maximum absolute atomic E-state index is 13.2. The number of carbonyl (C=O) groups is 3. The van der Waals surface area contributed by atoms with Gasteiger partial charge in [-0.05, 0) is 31.5 Å². The fraction of sp³-hybridized carbons (Fsp3) is 0.393. The Labute approximate surface area is 212 Å². The van der Waals surface area contributed by atoms with Gasteiger partial charge < -0.3 is 24.2 Å². The predicted molar refractivity (Wildman–Crippen MR) is 137 cm³/mol. The van der Waals surface area contributed by atoms with Crippen LogP contribution in [0.4, 0.5) is 5.69 Å². The molecule has 0 bridgehead atoms. The number of ether oxygens (including phenoxy) is 2. The van der Waals surface area contributed by atoms with Gasteiger partial charge in [0, 0.05) is 44.2 Å². The van der Waals surface area contributed by atoms with E-state index in [9.17, 15) is 14.4 Å². The molecule has 2 aromatic rings. The van der Waals surface area contributed by atoms with Crippen molar-refractivity contribution in [1.82, 2.24) is 9.80 Å². The first-order chi connectivity index (χ1) is 17.4. The van der Waals surface area contributed by atoms with E-state index in [1.807, 2.05) is 54.6 Å². The molecule has 2 heterocycles. The van der Waals surface area contributed by atoms with Crippen LogP contribution in [0.15, 0.2) is 65.9 Å². The highest BCUT2D eigenvalue weighted by atomic mass is 16.5. The first-order valence-corrected chi connectivity index (χ1v) is 12.3. The molecular weight excluding hydrogens is 458 g/mol. The van der Waals surface area contributed by atoms with Crippen LogP contribution in [0.25, 0.3) is 0 Å². The number of nitrogens with zero attached hydrogens (tertiary/aromatic N) is 3. The van der Waals surface area contributed by atoms with Crippen molar-refractivity contribution in [2.45, 2.75) is 26.2 Å². The second-order valence-corrected chi connectivity index (χ2v) is 8.91. The zero-order chi connectivity index (χ0) is 25.7. The van der Waals surface area contributed by atoms with Gasteiger partial charge in [-0.2, -0.15) is 0 Å². The van der Waals surface area contributed by atoms with Crippen LogP contribution < -0.4 is 9.64 Å². The van der Waals surface area contributed by atoms with Crippen LogP contribution in [0.3, 0.4) is 0 Å². The van der Waals surface area contributed by atoms with E-state index >= 15 is 0 Å². The molecule has 0 spiro atoms. The van der Waals surface area contributed by atoms with Crippen LogP contribution in [-0.2, 0) is 19.1 Å². The number of allylic oxidation sites excluding steroid dienone is 1. The summed E-state index contributed by atoms with van der Waals surface area (Å²) in [6, 6.07) is 17.3. The van der Waals surface area contributed by atoms with E-state index < -0.39 is 11.9 Å². The van der Waals surface area contributed by atoms with Crippen molar-refractivity contribution in [3.05, 3.63) is 71.4 Å². The van der Waals surface area contributed by atoms with Crippen LogP contribution in [0, 0.1) is 0 Å². The van der Waals surface area contributed by atoms with E-state index in [0.29, 0.717) is 37.4 Å². The Hall–Kier alpha value is -3.81. The Balaban J connectivity index is 1.49. The summed E-state index contributed by atoms with van der Waals surface area (Å²) in [6.45, 7) is 6.04. The normalized spacial score (nSPS) is 18.4. The maximum Gasteiger partial charge on any atom is 0.336 e. The number of para-hydroxylation sites is 2. The molecule has 2 aliphatic heterocycles. The SMILES string of the molecule is CCOC(=O)C1=C(C)N(CC(=O)N2CCN(c3ccccc3OC)CC2)C(=O)CC1c1ccccc1. The smallest absolute Gasteiger partial charge is 0.336 e. The van der Waals surface area contributed by atoms with E-state index in [4.69, 9.17) is 9.47 Å². The van der Waals surface area contributed by atoms with Crippen LogP contribution in [0.1, 0.15) is 31.7 Å². The first-order valence-electron chi connectivity index (χ1n) is 12.3. The van der Waals surface area contributed by atoms with Crippen LogP contribution in [0.2, 0.25) is 0 Å². The van der Waals surface area contributed by atoms with Crippen LogP contribution in [0.5, 0.6) is 5.75 Å². The summed E-state index contributed by atoms with van der Waals surface area (Å²) in [5.41, 5.74) is 2.81. The Morgan fingerprint density at radius 3 is 2.31 bits per heavy atom. The monoisotopic (exact) mass is 491 g/mol. The first kappa shape index (κ1) is 25.3. The second-order valence-electron chi connectivity index (χ2n) is 8.91. The lowest BCUT2D eigenvalue weighted by Gasteiger charge is -2.39. The Bertz CT molecular complexity index is 1140. The predicted octanol–water partition coefficient (Wildman–Crippen LogP) is 3.20. The van der Waals surface area contributed by atoms with Gasteiger partial charge in [0.15, 0.2) is 0 Å². The van der Waals surface area contributed by atoms with Gasteiger partial charge >= 0.3 is 5.97 Å². The van der Waals surface area contributed by atoms with E-state index in [2.05, 4.69) is 4.90 Å². The molecule has 1 atom stereocenters. The lowest BCUT2D eigenvalue weighted by atomic mass is 9.83. The number of amides is 2. The molecule has 4 rings (SSSR count). The number of hydrogen-bond acceptors (Lipinski definition) is 6. The van der Waals surface area contributed by atoms with E-state index in [0.717, 1.165) is 17.0 Å². The molecule has 0 aromatic heterocycles. The largest absolute Gasteiger partial charge is 0.495 e. The topological polar surface area (TPSA) is 79.4 Å². The summed E-state index contributed by atoms with van der Waals surface area (Å²) in [4.78, 5) is 44.8. The minimum Gasteiger partial charge on any atom is -0.495 e. The van der Waals surface area contributed by atoms with Crippen LogP contribution >= 0.6 is 0 Å². The summed E-state index contributed by atoms with van der Waals surface area (Å²) in [5.74, 6) is -0.344. The van der Waals surface area contributed by atoms with Gasteiger partial charge in [0.25, 0.3) is 0 Å². The number of esters is 1. The van der Waals surface area contributed by atoms with Gasteiger partial charge in [-0.3, -0.25) is 9.59 Å². The number of carbonyl (C=O) groups excluding carboxylic acids is 3. The Kier molecular flexibility index (Phi) is 7.93. The quantitative estimate of drug-likeness (QED) is 0.554. The third kappa shape index (κ3) is 5.22. The molecule has 2 aliphatic rings. The summed E-state index contributed by atoms with van der Waals surface area (Å²) < 4.78 is 10.8. The van der Waals surface area contributed by atoms with Gasteiger partial charge in [-0.1, -0.05) is 42.5 Å². The fourth-order valence-corrected chi connectivity index (χ4v) is 4.97. The molecule has 8 nitrogen and oxygen atoms in total. The molecule has 1 unspecified atom stereocenters. The second kappa shape index (κ2) is 11.3. The summed E-state index contributed by atoms with van der Waals surface area (Å²) >= 11 is 0. The average Bonchev–Trinajstić information content (AvgIpc) is 2.91. The molecule has 36 heavy (non-hydrogen) atoms. The zero-order valence-electron chi connectivity index (χ0n) is 21.1. The minimum absolute atomic E-state index is 0.0935. The summed E-state index contributed by atoms with van der Waals surface area (Å²) in [7, 11) is 1.65. The lowest BCUT2D eigenvalue weighted by molar-refractivity contribution is -0.142. The summed E-state index contributed by atoms with van der Waals surface area (Å²) in [6.07, 6.45) is 0.115. The van der Waals surface area contributed by atoms with Crippen molar-refractivity contribution < 1.29 is 23.9 Å². The van der Waals surface area contributed by atoms with Gasteiger partial charge in [-0.25, -0.2) is 4.79 Å². The highest BCUT2D eigenvalue weighted by Crippen LogP contribution is 2.37. The van der Waals surface area contributed by atoms with Gasteiger partial charge in [0.2, 0.25) is 11.8 Å². The minimum atomic E-state index is -0.445. The Morgan fingerprint density at radius 1 is 0.972 bits per heavy atom. The molecule has 1 fully saturated rings. The number of piperazine rings is 1. The van der Waals surface area contributed by atoms with Crippen molar-refractivity contribution in [2.75, 3.05) is 51.3 Å². The molecule has 0 radical (unpaired) electrons. The average molecular weight is 492 g/mol. The fourth-order valence-electron chi connectivity index (χ4n) is 4.97. The summed E-state index contributed by atoms with van der Waals surface area (Å²) in [5, 5.41) is 0. The molecule has 0 N–H and O–H groups in total. The highest BCUT2D eigenvalue weighted by molar-refractivity contribution is 5.97. The van der Waals surface area contributed by atoms with Crippen molar-refractivity contribution in [3.8, 4) is 5.75 Å². The van der Waals surface area contributed by atoms with Gasteiger partial charge in [0.1, 0.15) is 12.3 Å². The molecule has 2 amide bonds. The van der Waals surface area contributed by atoms with Crippen molar-refractivity contribution in [3.63, 3.8) is 0 Å². The molecule has 2 aromatic carbocycles. The third-order valence-electron chi connectivity index (χ3n) is 6.87. The zero-order valence-corrected chi connectivity index (χ0v) is 21.1. The molecule has 0 saturated carbocycles. The number of anilines is 1. The maximum atomic E-state index is 13.2. The number of methoxy groups -OCH3 is 1. The number of rotatable bonds is 7. The highest BCUT2D eigenvalue weighted by Gasteiger charge is 2.38. The van der Waals surface area contributed by atoms with Crippen molar-refractivity contribution in [2.24, 2.45) is 0 Å². The van der Waals surface area contributed by atoms with E-state index in [1.165, 1.54) is 4.90 Å². The molecule has 190 valence electrons. The number of hydrogen-bond donors (Lipinski definition) is 0. The van der Waals surface area contributed by atoms with Gasteiger partial charge in [0.05, 0.1) is 25.0 Å². The van der Waals surface area contributed by atoms with E-state index in [-0.39, 0.29) is 31.4 Å². The standard InChI is InChI=1S/C28H33N3O5/c1-4-36-28(34)27-20(2)31(25(32)18-22(27)21-10-6-5-7-11-21)19-26(33)30-16-14-29(15-17-30)23-12-8-9-13-24(23)35-3/h5-13,22H,4,14-19H2,1-3H3. The molecule has 1 saturated heterocycles.